The molecule has 0 bridgehead atoms. The maximum absolute atomic E-state index is 12.4. The lowest BCUT2D eigenvalue weighted by Gasteiger charge is -2.11. The molecule has 2 aromatic rings. The summed E-state index contributed by atoms with van der Waals surface area (Å²) in [5, 5.41) is 2.85. The molecule has 130 valence electrons. The van der Waals surface area contributed by atoms with E-state index in [1.807, 2.05) is 24.3 Å². The summed E-state index contributed by atoms with van der Waals surface area (Å²) in [5.74, 6) is -0.533. The fourth-order valence-corrected chi connectivity index (χ4v) is 2.94. The van der Waals surface area contributed by atoms with Crippen molar-refractivity contribution < 1.29 is 14.3 Å². The first kappa shape index (κ1) is 17.6. The highest BCUT2D eigenvalue weighted by atomic mass is 79.9. The Morgan fingerprint density at radius 2 is 1.76 bits per heavy atom. The zero-order valence-electron chi connectivity index (χ0n) is 13.6. The Morgan fingerprint density at radius 3 is 2.40 bits per heavy atom. The molecule has 0 radical (unpaired) electrons. The van der Waals surface area contributed by atoms with Crippen molar-refractivity contribution in [3.8, 4) is 0 Å². The Hall–Kier alpha value is -2.22. The Labute approximate surface area is 154 Å². The van der Waals surface area contributed by atoms with Crippen LogP contribution in [0.15, 0.2) is 53.0 Å². The van der Waals surface area contributed by atoms with Crippen LogP contribution in [0, 0.1) is 0 Å². The van der Waals surface area contributed by atoms with Crippen molar-refractivity contribution in [3.63, 3.8) is 0 Å². The number of ether oxygens (including phenoxy) is 1. The molecule has 1 aliphatic heterocycles. The van der Waals surface area contributed by atoms with Gasteiger partial charge >= 0.3 is 5.97 Å². The summed E-state index contributed by atoms with van der Waals surface area (Å²) in [6.07, 6.45) is 0.647. The van der Waals surface area contributed by atoms with Gasteiger partial charge in [0.1, 0.15) is 6.04 Å². The van der Waals surface area contributed by atoms with Gasteiger partial charge in [-0.3, -0.25) is 4.79 Å². The molecule has 7 heteroatoms. The molecule has 2 atom stereocenters. The number of rotatable bonds is 4. The highest BCUT2D eigenvalue weighted by Gasteiger charge is 2.30. The van der Waals surface area contributed by atoms with Gasteiger partial charge in [-0.05, 0) is 48.4 Å². The highest BCUT2D eigenvalue weighted by Crippen LogP contribution is 2.24. The number of carbonyl (C=O) groups excluding carboxylic acids is 2. The average molecular weight is 404 g/mol. The van der Waals surface area contributed by atoms with Crippen molar-refractivity contribution >= 4 is 33.5 Å². The minimum Gasteiger partial charge on any atom is -0.465 e. The van der Waals surface area contributed by atoms with Crippen molar-refractivity contribution in [2.24, 2.45) is 0 Å². The van der Waals surface area contributed by atoms with E-state index in [1.54, 1.807) is 24.3 Å². The summed E-state index contributed by atoms with van der Waals surface area (Å²) in [5.41, 5.74) is 8.38. The zero-order valence-corrected chi connectivity index (χ0v) is 15.2. The summed E-state index contributed by atoms with van der Waals surface area (Å²) >= 11 is 3.42. The van der Waals surface area contributed by atoms with E-state index in [2.05, 4.69) is 36.8 Å². The molecule has 6 nitrogen and oxygen atoms in total. The lowest BCUT2D eigenvalue weighted by atomic mass is 10.0. The quantitative estimate of drug-likeness (QED) is 0.684. The Bertz CT molecular complexity index is 762. The van der Waals surface area contributed by atoms with Crippen LogP contribution in [-0.2, 0) is 9.53 Å². The van der Waals surface area contributed by atoms with Crippen molar-refractivity contribution in [3.05, 3.63) is 64.1 Å². The normalized spacial score (nSPS) is 19.4. The van der Waals surface area contributed by atoms with Gasteiger partial charge in [0.15, 0.2) is 0 Å². The van der Waals surface area contributed by atoms with E-state index >= 15 is 0 Å². The minimum atomic E-state index is -0.406. The lowest BCUT2D eigenvalue weighted by molar-refractivity contribution is -0.117. The third kappa shape index (κ3) is 4.25. The van der Waals surface area contributed by atoms with Crippen molar-refractivity contribution in [1.82, 2.24) is 10.9 Å². The van der Waals surface area contributed by atoms with E-state index in [0.29, 0.717) is 17.7 Å². The van der Waals surface area contributed by atoms with Crippen LogP contribution in [0.4, 0.5) is 5.69 Å². The smallest absolute Gasteiger partial charge is 0.337 e. The standard InChI is InChI=1S/C18H18BrN3O3/c1-25-18(24)12-4-8-14(9-5-12)20-17(23)16-10-15(21-22-16)11-2-6-13(19)7-3-11/h2-9,15-16,21-22H,10H2,1H3,(H,20,23). The molecule has 1 saturated heterocycles. The number of nitrogens with one attached hydrogen (secondary N) is 3. The average Bonchev–Trinajstić information content (AvgIpc) is 3.12. The van der Waals surface area contributed by atoms with Crippen molar-refractivity contribution in [2.75, 3.05) is 12.4 Å². The van der Waals surface area contributed by atoms with Gasteiger partial charge in [-0.25, -0.2) is 15.6 Å². The Kier molecular flexibility index (Phi) is 5.47. The van der Waals surface area contributed by atoms with Gasteiger partial charge in [-0.15, -0.1) is 0 Å². The first-order valence-corrected chi connectivity index (χ1v) is 8.62. The third-order valence-corrected chi connectivity index (χ3v) is 4.59. The van der Waals surface area contributed by atoms with E-state index in [0.717, 1.165) is 10.0 Å². The second-order valence-corrected chi connectivity index (χ2v) is 6.65. The fraction of sp³-hybridized carbons (Fsp3) is 0.222. The third-order valence-electron chi connectivity index (χ3n) is 4.07. The van der Waals surface area contributed by atoms with Crippen LogP contribution >= 0.6 is 15.9 Å². The molecule has 2 aromatic carbocycles. The molecule has 0 aromatic heterocycles. The maximum atomic E-state index is 12.4. The van der Waals surface area contributed by atoms with E-state index in [1.165, 1.54) is 7.11 Å². The predicted molar refractivity (Wildman–Crippen MR) is 98.0 cm³/mol. The van der Waals surface area contributed by atoms with Crippen LogP contribution in [0.5, 0.6) is 0 Å². The lowest BCUT2D eigenvalue weighted by Crippen LogP contribution is -2.39. The molecule has 3 rings (SSSR count). The summed E-state index contributed by atoms with van der Waals surface area (Å²) in [6.45, 7) is 0. The Morgan fingerprint density at radius 1 is 1.08 bits per heavy atom. The number of halogens is 1. The monoisotopic (exact) mass is 403 g/mol. The second-order valence-electron chi connectivity index (χ2n) is 5.74. The molecule has 0 spiro atoms. The number of benzene rings is 2. The van der Waals surface area contributed by atoms with Gasteiger partial charge in [0.2, 0.25) is 5.91 Å². The summed E-state index contributed by atoms with van der Waals surface area (Å²) in [6, 6.07) is 14.3. The summed E-state index contributed by atoms with van der Waals surface area (Å²) in [4.78, 5) is 23.8. The highest BCUT2D eigenvalue weighted by molar-refractivity contribution is 9.10. The largest absolute Gasteiger partial charge is 0.465 e. The number of hydrogen-bond donors (Lipinski definition) is 3. The van der Waals surface area contributed by atoms with Gasteiger partial charge < -0.3 is 10.1 Å². The van der Waals surface area contributed by atoms with Crippen LogP contribution in [0.1, 0.15) is 28.4 Å². The molecule has 0 aliphatic carbocycles. The minimum absolute atomic E-state index is 0.0746. The van der Waals surface area contributed by atoms with Gasteiger partial charge in [-0.1, -0.05) is 28.1 Å². The topological polar surface area (TPSA) is 79.5 Å². The second kappa shape index (κ2) is 7.77. The van der Waals surface area contributed by atoms with E-state index in [4.69, 9.17) is 0 Å². The molecule has 3 N–H and O–H groups in total. The first-order chi connectivity index (χ1) is 12.1. The number of esters is 1. The SMILES string of the molecule is COC(=O)c1ccc(NC(=O)C2CC(c3ccc(Br)cc3)NN2)cc1. The zero-order chi connectivity index (χ0) is 17.8. The molecule has 1 amide bonds. The van der Waals surface area contributed by atoms with Crippen LogP contribution in [-0.4, -0.2) is 25.0 Å². The van der Waals surface area contributed by atoms with Crippen LogP contribution < -0.4 is 16.2 Å². The van der Waals surface area contributed by atoms with E-state index in [-0.39, 0.29) is 18.0 Å². The first-order valence-electron chi connectivity index (χ1n) is 7.82. The maximum Gasteiger partial charge on any atom is 0.337 e. The summed E-state index contributed by atoms with van der Waals surface area (Å²) < 4.78 is 5.67. The number of hydrogen-bond acceptors (Lipinski definition) is 5. The molecule has 1 heterocycles. The molecule has 25 heavy (non-hydrogen) atoms. The summed E-state index contributed by atoms with van der Waals surface area (Å²) in [7, 11) is 1.33. The van der Waals surface area contributed by atoms with Gasteiger partial charge in [0, 0.05) is 16.2 Å². The van der Waals surface area contributed by atoms with Crippen LogP contribution in [0.2, 0.25) is 0 Å². The van der Waals surface area contributed by atoms with Crippen LogP contribution in [0.25, 0.3) is 0 Å². The molecular weight excluding hydrogens is 386 g/mol. The van der Waals surface area contributed by atoms with Gasteiger partial charge in [-0.2, -0.15) is 0 Å². The van der Waals surface area contributed by atoms with Crippen LogP contribution in [0.3, 0.4) is 0 Å². The Balaban J connectivity index is 1.59. The predicted octanol–water partition coefficient (Wildman–Crippen LogP) is 2.78. The molecule has 2 unspecified atom stereocenters. The number of hydrazine groups is 1. The molecule has 0 saturated carbocycles. The number of methoxy groups -OCH3 is 1. The number of anilines is 1. The number of carbonyl (C=O) groups is 2. The van der Waals surface area contributed by atoms with E-state index < -0.39 is 5.97 Å². The molecular formula is C18H18BrN3O3. The van der Waals surface area contributed by atoms with Crippen molar-refractivity contribution in [1.29, 1.82) is 0 Å². The van der Waals surface area contributed by atoms with Gasteiger partial charge in [0.25, 0.3) is 0 Å². The van der Waals surface area contributed by atoms with Crippen molar-refractivity contribution in [2.45, 2.75) is 18.5 Å². The fourth-order valence-electron chi connectivity index (χ4n) is 2.68. The molecule has 1 aliphatic rings. The van der Waals surface area contributed by atoms with Gasteiger partial charge in [0.05, 0.1) is 12.7 Å². The number of amides is 1. The van der Waals surface area contributed by atoms with E-state index in [9.17, 15) is 9.59 Å². The molecule has 1 fully saturated rings.